The van der Waals surface area contributed by atoms with Crippen LogP contribution in [0.5, 0.6) is 0 Å². The molecule has 0 bridgehead atoms. The van der Waals surface area contributed by atoms with E-state index in [1.54, 1.807) is 6.92 Å². The molecule has 2 rings (SSSR count). The molecule has 1 saturated carbocycles. The van der Waals surface area contributed by atoms with Crippen LogP contribution < -0.4 is 0 Å². The molecule has 2 aliphatic carbocycles. The zero-order valence-corrected chi connectivity index (χ0v) is 11.0. The first-order chi connectivity index (χ1) is 8.00. The Morgan fingerprint density at radius 3 is 2.71 bits per heavy atom. The average molecular weight is 234 g/mol. The predicted octanol–water partition coefficient (Wildman–Crippen LogP) is 3.79. The Morgan fingerprint density at radius 2 is 2.06 bits per heavy atom. The van der Waals surface area contributed by atoms with E-state index in [1.807, 2.05) is 0 Å². The summed E-state index contributed by atoms with van der Waals surface area (Å²) >= 11 is 0. The fraction of sp³-hybridized carbons (Fsp3) is 0.667. The quantitative estimate of drug-likeness (QED) is 0.553. The van der Waals surface area contributed by atoms with E-state index in [0.29, 0.717) is 17.4 Å². The van der Waals surface area contributed by atoms with Crippen LogP contribution in [0.15, 0.2) is 22.8 Å². The van der Waals surface area contributed by atoms with Crippen LogP contribution in [0.3, 0.4) is 0 Å². The van der Waals surface area contributed by atoms with Gasteiger partial charge in [-0.25, -0.2) is 4.79 Å². The zero-order valence-electron chi connectivity index (χ0n) is 11.0. The summed E-state index contributed by atoms with van der Waals surface area (Å²) in [5.41, 5.74) is 3.19. The molecular formula is C15H22O2. The fourth-order valence-corrected chi connectivity index (χ4v) is 3.42. The minimum absolute atomic E-state index is 0.392. The van der Waals surface area contributed by atoms with Crippen molar-refractivity contribution < 1.29 is 9.90 Å². The number of hydrogen-bond donors (Lipinski definition) is 1. The average Bonchev–Trinajstić information content (AvgIpc) is 2.28. The maximum atomic E-state index is 11.2. The Labute approximate surface area is 103 Å². The van der Waals surface area contributed by atoms with E-state index in [0.717, 1.165) is 18.8 Å². The standard InChI is InChI=1S/C15H22O2/c1-9-4-6-12-10(2)5-7-13(14(12)8-9)11(3)15(16)17/h8,10,12,14H,4-7H2,1-3H3,(H,16,17)/b13-11-/t10-,12?,14?/m1/s1. The first-order valence-corrected chi connectivity index (χ1v) is 6.61. The van der Waals surface area contributed by atoms with Crippen LogP contribution >= 0.6 is 0 Å². The second kappa shape index (κ2) is 4.67. The van der Waals surface area contributed by atoms with Crippen molar-refractivity contribution in [2.24, 2.45) is 17.8 Å². The number of allylic oxidation sites excluding steroid dienone is 3. The molecule has 2 aliphatic rings. The smallest absolute Gasteiger partial charge is 0.331 e. The van der Waals surface area contributed by atoms with Crippen molar-refractivity contribution in [2.45, 2.75) is 46.5 Å². The van der Waals surface area contributed by atoms with Crippen LogP contribution in [0.25, 0.3) is 0 Å². The molecule has 0 amide bonds. The van der Waals surface area contributed by atoms with Crippen LogP contribution in [-0.4, -0.2) is 11.1 Å². The molecule has 2 nitrogen and oxygen atoms in total. The number of carboxylic acids is 1. The van der Waals surface area contributed by atoms with Gasteiger partial charge in [0.15, 0.2) is 0 Å². The Hall–Kier alpha value is -1.05. The lowest BCUT2D eigenvalue weighted by molar-refractivity contribution is -0.132. The van der Waals surface area contributed by atoms with Crippen LogP contribution in [0.4, 0.5) is 0 Å². The highest BCUT2D eigenvalue weighted by atomic mass is 16.4. The molecule has 0 saturated heterocycles. The number of hydrogen-bond acceptors (Lipinski definition) is 1. The maximum Gasteiger partial charge on any atom is 0.331 e. The molecule has 1 fully saturated rings. The summed E-state index contributed by atoms with van der Waals surface area (Å²) in [7, 11) is 0. The second-order valence-electron chi connectivity index (χ2n) is 5.71. The summed E-state index contributed by atoms with van der Waals surface area (Å²) in [6.45, 7) is 6.25. The molecule has 0 radical (unpaired) electrons. The molecule has 1 N–H and O–H groups in total. The van der Waals surface area contributed by atoms with Crippen LogP contribution in [0.1, 0.15) is 46.5 Å². The topological polar surface area (TPSA) is 37.3 Å². The van der Waals surface area contributed by atoms with Gasteiger partial charge in [-0.3, -0.25) is 0 Å². The molecule has 0 aromatic heterocycles. The number of rotatable bonds is 1. The number of aliphatic carboxylic acids is 1. The molecule has 94 valence electrons. The SMILES string of the molecule is CC1=CC2/C(=C(/C)C(=O)O)CC[C@@H](C)C2CC1. The lowest BCUT2D eigenvalue weighted by Gasteiger charge is -2.40. The molecule has 3 atom stereocenters. The van der Waals surface area contributed by atoms with Crippen LogP contribution in [-0.2, 0) is 4.79 Å². The summed E-state index contributed by atoms with van der Waals surface area (Å²) in [6, 6.07) is 0. The largest absolute Gasteiger partial charge is 0.478 e. The summed E-state index contributed by atoms with van der Waals surface area (Å²) in [4.78, 5) is 11.2. The van der Waals surface area contributed by atoms with E-state index >= 15 is 0 Å². The summed E-state index contributed by atoms with van der Waals surface area (Å²) in [5, 5.41) is 9.18. The van der Waals surface area contributed by atoms with Crippen molar-refractivity contribution in [1.82, 2.24) is 0 Å². The minimum atomic E-state index is -0.745. The number of fused-ring (bicyclic) bond motifs is 1. The first kappa shape index (κ1) is 12.4. The monoisotopic (exact) mass is 234 g/mol. The van der Waals surface area contributed by atoms with Gasteiger partial charge in [-0.2, -0.15) is 0 Å². The molecule has 0 aromatic rings. The molecule has 0 spiro atoms. The fourth-order valence-electron chi connectivity index (χ4n) is 3.42. The van der Waals surface area contributed by atoms with Crippen molar-refractivity contribution in [3.63, 3.8) is 0 Å². The van der Waals surface area contributed by atoms with Gasteiger partial charge in [-0.15, -0.1) is 0 Å². The summed E-state index contributed by atoms with van der Waals surface area (Å²) < 4.78 is 0. The Balaban J connectivity index is 2.39. The lowest BCUT2D eigenvalue weighted by Crippen LogP contribution is -2.31. The van der Waals surface area contributed by atoms with Crippen molar-refractivity contribution in [2.75, 3.05) is 0 Å². The lowest BCUT2D eigenvalue weighted by atomic mass is 9.64. The van der Waals surface area contributed by atoms with Crippen molar-refractivity contribution >= 4 is 5.97 Å². The van der Waals surface area contributed by atoms with Gasteiger partial charge in [-0.05, 0) is 51.4 Å². The van der Waals surface area contributed by atoms with Gasteiger partial charge < -0.3 is 5.11 Å². The predicted molar refractivity (Wildman–Crippen MR) is 68.7 cm³/mol. The second-order valence-corrected chi connectivity index (χ2v) is 5.71. The van der Waals surface area contributed by atoms with Crippen LogP contribution in [0.2, 0.25) is 0 Å². The molecule has 17 heavy (non-hydrogen) atoms. The summed E-state index contributed by atoms with van der Waals surface area (Å²) in [5.74, 6) is 1.04. The van der Waals surface area contributed by atoms with E-state index in [-0.39, 0.29) is 0 Å². The van der Waals surface area contributed by atoms with E-state index in [1.165, 1.54) is 24.0 Å². The Kier molecular flexibility index (Phi) is 3.41. The molecule has 2 heteroatoms. The van der Waals surface area contributed by atoms with E-state index < -0.39 is 5.97 Å². The van der Waals surface area contributed by atoms with E-state index in [9.17, 15) is 9.90 Å². The first-order valence-electron chi connectivity index (χ1n) is 6.61. The highest BCUT2D eigenvalue weighted by molar-refractivity contribution is 5.87. The van der Waals surface area contributed by atoms with Crippen molar-refractivity contribution in [3.05, 3.63) is 22.8 Å². The number of carbonyl (C=O) groups is 1. The zero-order chi connectivity index (χ0) is 12.6. The third-order valence-electron chi connectivity index (χ3n) is 4.60. The molecule has 0 heterocycles. The van der Waals surface area contributed by atoms with Crippen molar-refractivity contribution in [1.29, 1.82) is 0 Å². The Bertz CT molecular complexity index is 390. The van der Waals surface area contributed by atoms with Gasteiger partial charge >= 0.3 is 5.97 Å². The molecular weight excluding hydrogens is 212 g/mol. The maximum absolute atomic E-state index is 11.2. The van der Waals surface area contributed by atoms with Crippen LogP contribution in [0, 0.1) is 17.8 Å². The van der Waals surface area contributed by atoms with E-state index in [4.69, 9.17) is 0 Å². The van der Waals surface area contributed by atoms with Gasteiger partial charge in [0.2, 0.25) is 0 Å². The van der Waals surface area contributed by atoms with Gasteiger partial charge in [-0.1, -0.05) is 24.1 Å². The van der Waals surface area contributed by atoms with Gasteiger partial charge in [0.1, 0.15) is 0 Å². The summed E-state index contributed by atoms with van der Waals surface area (Å²) in [6.07, 6.45) is 6.85. The highest BCUT2D eigenvalue weighted by Crippen LogP contribution is 2.46. The molecule has 2 unspecified atom stereocenters. The van der Waals surface area contributed by atoms with E-state index in [2.05, 4.69) is 19.9 Å². The third-order valence-corrected chi connectivity index (χ3v) is 4.60. The van der Waals surface area contributed by atoms with Crippen molar-refractivity contribution in [3.8, 4) is 0 Å². The van der Waals surface area contributed by atoms with Gasteiger partial charge in [0.05, 0.1) is 0 Å². The third kappa shape index (κ3) is 2.31. The van der Waals surface area contributed by atoms with Gasteiger partial charge in [0.25, 0.3) is 0 Å². The molecule has 0 aliphatic heterocycles. The Morgan fingerprint density at radius 1 is 1.35 bits per heavy atom. The normalized spacial score (nSPS) is 35.9. The molecule has 0 aromatic carbocycles. The minimum Gasteiger partial charge on any atom is -0.478 e. The number of carboxylic acid groups (broad SMARTS) is 1. The van der Waals surface area contributed by atoms with Gasteiger partial charge in [0, 0.05) is 11.5 Å². The highest BCUT2D eigenvalue weighted by Gasteiger charge is 2.35.